The van der Waals surface area contributed by atoms with Gasteiger partial charge in [0, 0.05) is 19.6 Å². The molecule has 1 N–H and O–H groups in total. The molecule has 23 heavy (non-hydrogen) atoms. The summed E-state index contributed by atoms with van der Waals surface area (Å²) < 4.78 is 5.41. The highest BCUT2D eigenvalue weighted by atomic mass is 16.6. The van der Waals surface area contributed by atoms with Crippen LogP contribution in [0, 0.1) is 0 Å². The molecule has 1 aliphatic rings. The first-order chi connectivity index (χ1) is 10.9. The third-order valence-electron chi connectivity index (χ3n) is 4.01. The molecule has 0 aromatic rings. The fraction of sp³-hybridized carbons (Fsp3) is 0.842. The lowest BCUT2D eigenvalue weighted by atomic mass is 10.1. The number of hydrogen-bond donors (Lipinski definition) is 1. The van der Waals surface area contributed by atoms with Gasteiger partial charge >= 0.3 is 6.09 Å². The van der Waals surface area contributed by atoms with Crippen molar-refractivity contribution < 1.29 is 9.53 Å². The van der Waals surface area contributed by atoms with Gasteiger partial charge in [0.05, 0.1) is 0 Å². The van der Waals surface area contributed by atoms with E-state index in [2.05, 4.69) is 18.3 Å². The van der Waals surface area contributed by atoms with Gasteiger partial charge in [-0.05, 0) is 40.2 Å². The van der Waals surface area contributed by atoms with Crippen molar-refractivity contribution in [2.45, 2.75) is 78.2 Å². The van der Waals surface area contributed by atoms with E-state index >= 15 is 0 Å². The van der Waals surface area contributed by atoms with E-state index in [0.717, 1.165) is 26.1 Å². The summed E-state index contributed by atoms with van der Waals surface area (Å²) in [6, 6.07) is 0. The second-order valence-corrected chi connectivity index (χ2v) is 7.48. The molecule has 134 valence electrons. The highest BCUT2D eigenvalue weighted by molar-refractivity contribution is 5.68. The molecule has 4 heteroatoms. The Kier molecular flexibility index (Phi) is 9.30. The van der Waals surface area contributed by atoms with E-state index in [0.29, 0.717) is 6.54 Å². The molecule has 1 rings (SSSR count). The number of nitrogens with one attached hydrogen (secondary N) is 1. The standard InChI is InChI=1S/C19H36N2O2/c1-5-6-7-8-9-10-13-20-16-17-11-14-21(15-12-17)18(22)23-19(2,3)4/h11,20H,5-10,12-16H2,1-4H3. The first-order valence-electron chi connectivity index (χ1n) is 9.29. The number of ether oxygens (including phenoxy) is 1. The van der Waals surface area contributed by atoms with E-state index in [1.807, 2.05) is 20.8 Å². The van der Waals surface area contributed by atoms with Gasteiger partial charge in [-0.25, -0.2) is 4.79 Å². The van der Waals surface area contributed by atoms with Gasteiger partial charge < -0.3 is 15.0 Å². The Morgan fingerprint density at radius 3 is 2.52 bits per heavy atom. The highest BCUT2D eigenvalue weighted by Crippen LogP contribution is 2.15. The summed E-state index contributed by atoms with van der Waals surface area (Å²) >= 11 is 0. The molecule has 0 spiro atoms. The molecule has 0 radical (unpaired) electrons. The topological polar surface area (TPSA) is 41.6 Å². The average molecular weight is 325 g/mol. The minimum Gasteiger partial charge on any atom is -0.444 e. The summed E-state index contributed by atoms with van der Waals surface area (Å²) in [6.45, 7) is 11.5. The summed E-state index contributed by atoms with van der Waals surface area (Å²) in [4.78, 5) is 13.8. The number of carbonyl (C=O) groups is 1. The minimum absolute atomic E-state index is 0.201. The van der Waals surface area contributed by atoms with Crippen molar-refractivity contribution in [1.29, 1.82) is 0 Å². The van der Waals surface area contributed by atoms with Crippen LogP contribution in [0.15, 0.2) is 11.6 Å². The minimum atomic E-state index is -0.417. The first-order valence-corrected chi connectivity index (χ1v) is 9.29. The van der Waals surface area contributed by atoms with Crippen LogP contribution in [-0.2, 0) is 4.74 Å². The zero-order valence-electron chi connectivity index (χ0n) is 15.6. The molecule has 0 aromatic carbocycles. The normalized spacial score (nSPS) is 15.5. The van der Waals surface area contributed by atoms with Crippen LogP contribution in [0.5, 0.6) is 0 Å². The molecule has 1 aliphatic heterocycles. The quantitative estimate of drug-likeness (QED) is 0.501. The molecule has 0 atom stereocenters. The molecule has 1 amide bonds. The Bertz CT molecular complexity index is 372. The molecule has 0 saturated heterocycles. The van der Waals surface area contributed by atoms with Crippen LogP contribution in [0.2, 0.25) is 0 Å². The van der Waals surface area contributed by atoms with E-state index in [9.17, 15) is 4.79 Å². The molecule has 0 aromatic heterocycles. The fourth-order valence-corrected chi connectivity index (χ4v) is 2.64. The van der Waals surface area contributed by atoms with E-state index < -0.39 is 5.60 Å². The lowest BCUT2D eigenvalue weighted by Gasteiger charge is -2.29. The van der Waals surface area contributed by atoms with Crippen LogP contribution >= 0.6 is 0 Å². The molecular weight excluding hydrogens is 288 g/mol. The number of unbranched alkanes of at least 4 members (excludes halogenated alkanes) is 5. The monoisotopic (exact) mass is 324 g/mol. The van der Waals surface area contributed by atoms with Crippen molar-refractivity contribution in [2.24, 2.45) is 0 Å². The summed E-state index contributed by atoms with van der Waals surface area (Å²) in [5.41, 5.74) is 0.996. The third-order valence-corrected chi connectivity index (χ3v) is 4.01. The van der Waals surface area contributed by atoms with E-state index in [4.69, 9.17) is 4.74 Å². The maximum absolute atomic E-state index is 12.0. The van der Waals surface area contributed by atoms with Gasteiger partial charge in [-0.1, -0.05) is 50.7 Å². The largest absolute Gasteiger partial charge is 0.444 e. The lowest BCUT2D eigenvalue weighted by Crippen LogP contribution is -2.40. The van der Waals surface area contributed by atoms with Crippen LogP contribution in [0.3, 0.4) is 0 Å². The summed E-state index contributed by atoms with van der Waals surface area (Å²) in [5.74, 6) is 0. The third kappa shape index (κ3) is 9.65. The predicted molar refractivity (Wildman–Crippen MR) is 96.8 cm³/mol. The lowest BCUT2D eigenvalue weighted by molar-refractivity contribution is 0.0265. The van der Waals surface area contributed by atoms with E-state index in [1.165, 1.54) is 44.1 Å². The molecule has 0 unspecified atom stereocenters. The van der Waals surface area contributed by atoms with Gasteiger partial charge in [0.1, 0.15) is 5.60 Å². The van der Waals surface area contributed by atoms with Gasteiger partial charge in [-0.15, -0.1) is 0 Å². The van der Waals surface area contributed by atoms with Crippen molar-refractivity contribution in [2.75, 3.05) is 26.2 Å². The molecule has 0 fully saturated rings. The molecule has 1 heterocycles. The van der Waals surface area contributed by atoms with Crippen LogP contribution in [0.1, 0.15) is 72.6 Å². The Balaban J connectivity index is 2.11. The van der Waals surface area contributed by atoms with Gasteiger partial charge in [-0.2, -0.15) is 0 Å². The average Bonchev–Trinajstić information content (AvgIpc) is 2.49. The molecule has 0 bridgehead atoms. The van der Waals surface area contributed by atoms with Crippen molar-refractivity contribution in [3.05, 3.63) is 11.6 Å². The Labute approximate surface area is 142 Å². The summed E-state index contributed by atoms with van der Waals surface area (Å²) in [6.07, 6.45) is 10.9. The van der Waals surface area contributed by atoms with Crippen molar-refractivity contribution >= 4 is 6.09 Å². The predicted octanol–water partition coefficient (Wildman–Crippen LogP) is 4.50. The van der Waals surface area contributed by atoms with Crippen molar-refractivity contribution in [1.82, 2.24) is 10.2 Å². The summed E-state index contributed by atoms with van der Waals surface area (Å²) in [5, 5.41) is 3.53. The van der Waals surface area contributed by atoms with Gasteiger partial charge in [0.15, 0.2) is 0 Å². The number of nitrogens with zero attached hydrogens (tertiary/aromatic N) is 1. The molecule has 0 aliphatic carbocycles. The Morgan fingerprint density at radius 1 is 1.22 bits per heavy atom. The second-order valence-electron chi connectivity index (χ2n) is 7.48. The smallest absolute Gasteiger partial charge is 0.410 e. The van der Waals surface area contributed by atoms with Crippen LogP contribution in [0.25, 0.3) is 0 Å². The SMILES string of the molecule is CCCCCCCCNCC1=CCN(C(=O)OC(C)(C)C)CC1. The van der Waals surface area contributed by atoms with Gasteiger partial charge in [0.2, 0.25) is 0 Å². The van der Waals surface area contributed by atoms with Crippen molar-refractivity contribution in [3.8, 4) is 0 Å². The van der Waals surface area contributed by atoms with Gasteiger partial charge in [0.25, 0.3) is 0 Å². The maximum atomic E-state index is 12.0. The van der Waals surface area contributed by atoms with Crippen LogP contribution in [0.4, 0.5) is 4.79 Å². The van der Waals surface area contributed by atoms with E-state index in [1.54, 1.807) is 4.90 Å². The van der Waals surface area contributed by atoms with Gasteiger partial charge in [-0.3, -0.25) is 0 Å². The second kappa shape index (κ2) is 10.7. The zero-order valence-corrected chi connectivity index (χ0v) is 15.6. The maximum Gasteiger partial charge on any atom is 0.410 e. The number of amides is 1. The van der Waals surface area contributed by atoms with Crippen LogP contribution < -0.4 is 5.32 Å². The number of carbonyl (C=O) groups excluding carboxylic acids is 1. The molecule has 4 nitrogen and oxygen atoms in total. The Morgan fingerprint density at radius 2 is 1.91 bits per heavy atom. The highest BCUT2D eigenvalue weighted by Gasteiger charge is 2.23. The van der Waals surface area contributed by atoms with Crippen LogP contribution in [-0.4, -0.2) is 42.8 Å². The van der Waals surface area contributed by atoms with Crippen molar-refractivity contribution in [3.63, 3.8) is 0 Å². The number of rotatable bonds is 9. The zero-order chi connectivity index (χ0) is 17.1. The summed E-state index contributed by atoms with van der Waals surface area (Å²) in [7, 11) is 0. The molecule has 0 saturated carbocycles. The first kappa shape index (κ1) is 20.0. The fourth-order valence-electron chi connectivity index (χ4n) is 2.64. The van der Waals surface area contributed by atoms with E-state index in [-0.39, 0.29) is 6.09 Å². The Hall–Kier alpha value is -1.03. The number of hydrogen-bond acceptors (Lipinski definition) is 3. The molecular formula is C19H36N2O2.